The number of hydrogen-bond acceptors (Lipinski definition) is 3. The van der Waals surface area contributed by atoms with E-state index in [1.54, 1.807) is 6.20 Å². The van der Waals surface area contributed by atoms with Crippen LogP contribution < -0.4 is 10.6 Å². The molecule has 4 rings (SSSR count). The molecule has 0 saturated heterocycles. The molecule has 3 N–H and O–H groups in total. The van der Waals surface area contributed by atoms with E-state index in [-0.39, 0.29) is 17.1 Å². The van der Waals surface area contributed by atoms with Gasteiger partial charge in [0.25, 0.3) is 5.91 Å². The Morgan fingerprint density at radius 2 is 2.07 bits per heavy atom. The molecule has 0 saturated carbocycles. The summed E-state index contributed by atoms with van der Waals surface area (Å²) in [6.45, 7) is 0.653. The molecule has 0 unspecified atom stereocenters. The SMILES string of the molecule is O=C(CBr)Nc1cccc(-c2cc(-c3cc4c([nH]3)CCNC4=O)ccn2)c1. The summed E-state index contributed by atoms with van der Waals surface area (Å²) in [5.41, 5.74) is 5.93. The number of benzene rings is 1. The van der Waals surface area contributed by atoms with Crippen LogP contribution in [0, 0.1) is 0 Å². The van der Waals surface area contributed by atoms with E-state index >= 15 is 0 Å². The first-order valence-corrected chi connectivity index (χ1v) is 9.69. The van der Waals surface area contributed by atoms with Gasteiger partial charge in [-0.25, -0.2) is 0 Å². The van der Waals surface area contributed by atoms with Crippen molar-refractivity contribution in [2.75, 3.05) is 17.2 Å². The van der Waals surface area contributed by atoms with Gasteiger partial charge >= 0.3 is 0 Å². The highest BCUT2D eigenvalue weighted by molar-refractivity contribution is 9.09. The smallest absolute Gasteiger partial charge is 0.253 e. The number of nitrogens with one attached hydrogen (secondary N) is 3. The zero-order valence-corrected chi connectivity index (χ0v) is 16.0. The lowest BCUT2D eigenvalue weighted by Gasteiger charge is -2.11. The van der Waals surface area contributed by atoms with Crippen molar-refractivity contribution >= 4 is 33.4 Å². The van der Waals surface area contributed by atoms with Crippen molar-refractivity contribution in [3.63, 3.8) is 0 Å². The Bertz CT molecular complexity index is 1030. The van der Waals surface area contributed by atoms with E-state index in [1.807, 2.05) is 42.5 Å². The molecule has 3 heterocycles. The van der Waals surface area contributed by atoms with Crippen molar-refractivity contribution in [3.05, 3.63) is 59.9 Å². The lowest BCUT2D eigenvalue weighted by atomic mass is 10.1. The second-order valence-corrected chi connectivity index (χ2v) is 6.83. The van der Waals surface area contributed by atoms with E-state index in [9.17, 15) is 9.59 Å². The molecule has 0 aliphatic carbocycles. The first kappa shape index (κ1) is 17.5. The van der Waals surface area contributed by atoms with Crippen molar-refractivity contribution in [2.24, 2.45) is 0 Å². The zero-order valence-electron chi connectivity index (χ0n) is 14.4. The number of aromatic nitrogens is 2. The van der Waals surface area contributed by atoms with E-state index in [0.29, 0.717) is 12.1 Å². The van der Waals surface area contributed by atoms with Crippen LogP contribution in [0.2, 0.25) is 0 Å². The van der Waals surface area contributed by atoms with Crippen LogP contribution in [0.25, 0.3) is 22.5 Å². The average molecular weight is 425 g/mol. The monoisotopic (exact) mass is 424 g/mol. The highest BCUT2D eigenvalue weighted by Crippen LogP contribution is 2.28. The van der Waals surface area contributed by atoms with E-state index in [4.69, 9.17) is 0 Å². The molecule has 7 heteroatoms. The molecule has 0 atom stereocenters. The van der Waals surface area contributed by atoms with Gasteiger partial charge in [0.2, 0.25) is 5.91 Å². The summed E-state index contributed by atoms with van der Waals surface area (Å²) >= 11 is 3.14. The third-order valence-electron chi connectivity index (χ3n) is 4.44. The molecule has 136 valence electrons. The van der Waals surface area contributed by atoms with Crippen molar-refractivity contribution in [1.82, 2.24) is 15.3 Å². The molecule has 6 nitrogen and oxygen atoms in total. The summed E-state index contributed by atoms with van der Waals surface area (Å²) in [6, 6.07) is 13.3. The number of aromatic amines is 1. The molecule has 1 aliphatic heterocycles. The normalized spacial score (nSPS) is 13.0. The highest BCUT2D eigenvalue weighted by atomic mass is 79.9. The summed E-state index contributed by atoms with van der Waals surface area (Å²) < 4.78 is 0. The third kappa shape index (κ3) is 3.64. The van der Waals surface area contributed by atoms with Crippen LogP contribution in [0.1, 0.15) is 16.1 Å². The maximum atomic E-state index is 12.0. The number of carbonyl (C=O) groups excluding carboxylic acids is 2. The van der Waals surface area contributed by atoms with Crippen LogP contribution in [-0.4, -0.2) is 33.7 Å². The summed E-state index contributed by atoms with van der Waals surface area (Å²) in [6.07, 6.45) is 2.54. The minimum Gasteiger partial charge on any atom is -0.358 e. The Morgan fingerprint density at radius 1 is 1.19 bits per heavy atom. The fourth-order valence-electron chi connectivity index (χ4n) is 3.16. The standard InChI is InChI=1S/C20H17BrN4O2/c21-11-19(26)24-14-3-1-2-12(8-14)17-9-13(4-6-22-17)18-10-15-16(25-18)5-7-23-20(15)27/h1-4,6,8-10,25H,5,7,11H2,(H,23,27)(H,24,26). The first-order valence-electron chi connectivity index (χ1n) is 8.57. The quantitative estimate of drug-likeness (QED) is 0.561. The number of amides is 2. The summed E-state index contributed by atoms with van der Waals surface area (Å²) in [4.78, 5) is 31.4. The van der Waals surface area contributed by atoms with Crippen LogP contribution in [0.3, 0.4) is 0 Å². The second kappa shape index (κ2) is 7.36. The predicted octanol–water partition coefficient (Wildman–Crippen LogP) is 3.36. The van der Waals surface area contributed by atoms with Crippen LogP contribution in [0.15, 0.2) is 48.7 Å². The number of pyridine rings is 1. The maximum absolute atomic E-state index is 12.0. The molecule has 27 heavy (non-hydrogen) atoms. The minimum atomic E-state index is -0.107. The largest absolute Gasteiger partial charge is 0.358 e. The molecule has 2 amide bonds. The van der Waals surface area contributed by atoms with E-state index in [2.05, 4.69) is 36.5 Å². The van der Waals surface area contributed by atoms with Gasteiger partial charge in [-0.05, 0) is 30.3 Å². The van der Waals surface area contributed by atoms with Crippen molar-refractivity contribution in [1.29, 1.82) is 0 Å². The Kier molecular flexibility index (Phi) is 4.77. The van der Waals surface area contributed by atoms with Crippen molar-refractivity contribution in [2.45, 2.75) is 6.42 Å². The average Bonchev–Trinajstić information content (AvgIpc) is 3.14. The van der Waals surface area contributed by atoms with E-state index in [1.165, 1.54) is 0 Å². The molecule has 0 spiro atoms. The summed E-state index contributed by atoms with van der Waals surface area (Å²) in [7, 11) is 0. The number of halogens is 1. The minimum absolute atomic E-state index is 0.0386. The molecule has 1 aromatic carbocycles. The highest BCUT2D eigenvalue weighted by Gasteiger charge is 2.20. The van der Waals surface area contributed by atoms with Gasteiger partial charge in [0.15, 0.2) is 0 Å². The summed E-state index contributed by atoms with van der Waals surface area (Å²) in [5.74, 6) is -0.146. The zero-order chi connectivity index (χ0) is 18.8. The fraction of sp³-hybridized carbons (Fsp3) is 0.150. The van der Waals surface area contributed by atoms with Gasteiger partial charge in [0.05, 0.1) is 16.6 Å². The number of alkyl halides is 1. The lowest BCUT2D eigenvalue weighted by molar-refractivity contribution is -0.113. The van der Waals surface area contributed by atoms with Crippen LogP contribution in [0.4, 0.5) is 5.69 Å². The van der Waals surface area contributed by atoms with Crippen LogP contribution >= 0.6 is 15.9 Å². The molecular weight excluding hydrogens is 408 g/mol. The maximum Gasteiger partial charge on any atom is 0.253 e. The molecule has 0 fully saturated rings. The Hall–Kier alpha value is -2.93. The Morgan fingerprint density at radius 3 is 2.89 bits per heavy atom. The number of carbonyl (C=O) groups is 2. The Balaban J connectivity index is 1.66. The second-order valence-electron chi connectivity index (χ2n) is 6.27. The number of anilines is 1. The van der Waals surface area contributed by atoms with Crippen LogP contribution in [0.5, 0.6) is 0 Å². The number of H-pyrrole nitrogens is 1. The van der Waals surface area contributed by atoms with Crippen molar-refractivity contribution in [3.8, 4) is 22.5 Å². The molecule has 1 aliphatic rings. The van der Waals surface area contributed by atoms with E-state index < -0.39 is 0 Å². The lowest BCUT2D eigenvalue weighted by Crippen LogP contribution is -2.31. The van der Waals surface area contributed by atoms with Gasteiger partial charge in [-0.2, -0.15) is 0 Å². The Labute approximate surface area is 164 Å². The fourth-order valence-corrected chi connectivity index (χ4v) is 3.30. The molecule has 0 radical (unpaired) electrons. The molecule has 2 aromatic heterocycles. The van der Waals surface area contributed by atoms with E-state index in [0.717, 1.165) is 40.3 Å². The van der Waals surface area contributed by atoms with Gasteiger partial charge in [-0.15, -0.1) is 0 Å². The van der Waals surface area contributed by atoms with Gasteiger partial charge in [-0.3, -0.25) is 14.6 Å². The van der Waals surface area contributed by atoms with Crippen LogP contribution in [-0.2, 0) is 11.2 Å². The van der Waals surface area contributed by atoms with Gasteiger partial charge in [0.1, 0.15) is 0 Å². The number of nitrogens with zero attached hydrogens (tertiary/aromatic N) is 1. The topological polar surface area (TPSA) is 86.9 Å². The molecule has 0 bridgehead atoms. The molecular formula is C20H17BrN4O2. The molecule has 3 aromatic rings. The van der Waals surface area contributed by atoms with Gasteiger partial charge in [-0.1, -0.05) is 28.1 Å². The number of hydrogen-bond donors (Lipinski definition) is 3. The predicted molar refractivity (Wildman–Crippen MR) is 108 cm³/mol. The number of fused-ring (bicyclic) bond motifs is 1. The third-order valence-corrected chi connectivity index (χ3v) is 4.95. The number of rotatable bonds is 4. The van der Waals surface area contributed by atoms with Gasteiger partial charge < -0.3 is 15.6 Å². The first-order chi connectivity index (χ1) is 13.1. The van der Waals surface area contributed by atoms with Crippen molar-refractivity contribution < 1.29 is 9.59 Å². The summed E-state index contributed by atoms with van der Waals surface area (Å²) in [5, 5.41) is 5.93. The van der Waals surface area contributed by atoms with Gasteiger partial charge in [0, 0.05) is 47.4 Å².